The molecule has 0 bridgehead atoms. The molecular weight excluding hydrogens is 484 g/mol. The fourth-order valence-electron chi connectivity index (χ4n) is 3.82. The molecule has 0 spiro atoms. The molecule has 2 aromatic rings. The van der Waals surface area contributed by atoms with Crippen LogP contribution in [0.4, 0.5) is 17.6 Å². The number of sulfone groups is 1. The molecule has 2 heterocycles. The van der Waals surface area contributed by atoms with E-state index in [1.807, 2.05) is 0 Å². The second-order valence-corrected chi connectivity index (χ2v) is 11.0. The molecule has 9 nitrogen and oxygen atoms in total. The number of hydrogen-bond donors (Lipinski definition) is 0. The van der Waals surface area contributed by atoms with Crippen molar-refractivity contribution in [3.05, 3.63) is 45.7 Å². The van der Waals surface area contributed by atoms with E-state index in [0.717, 1.165) is 32.4 Å². The van der Waals surface area contributed by atoms with E-state index in [4.69, 9.17) is 4.52 Å². The molecule has 1 fully saturated rings. The lowest BCUT2D eigenvalue weighted by molar-refractivity contribution is -0.540. The van der Waals surface area contributed by atoms with Crippen LogP contribution in [0.3, 0.4) is 0 Å². The Morgan fingerprint density at radius 3 is 2.38 bits per heavy atom. The molecule has 0 radical (unpaired) electrons. The molecular formula is C20H23F4N4O5S+. The van der Waals surface area contributed by atoms with Crippen LogP contribution in [0, 0.1) is 11.8 Å². The van der Waals surface area contributed by atoms with Gasteiger partial charge in [-0.1, -0.05) is 5.16 Å². The van der Waals surface area contributed by atoms with Gasteiger partial charge in [0.1, 0.15) is 11.4 Å². The first kappa shape index (κ1) is 25.8. The number of carbonyl (C=O) groups is 1. The highest BCUT2D eigenvalue weighted by atomic mass is 32.2. The monoisotopic (exact) mass is 507 g/mol. The smallest absolute Gasteiger partial charge is 0.339 e. The van der Waals surface area contributed by atoms with E-state index in [9.17, 15) is 31.3 Å². The van der Waals surface area contributed by atoms with Crippen LogP contribution in [0.2, 0.25) is 0 Å². The summed E-state index contributed by atoms with van der Waals surface area (Å²) in [5.41, 5.74) is -5.68. The third kappa shape index (κ3) is 4.86. The zero-order valence-corrected chi connectivity index (χ0v) is 19.6. The first-order valence-corrected chi connectivity index (χ1v) is 12.3. The average Bonchev–Trinajstić information content (AvgIpc) is 3.15. The number of aromatic nitrogens is 3. The van der Waals surface area contributed by atoms with Gasteiger partial charge in [0.15, 0.2) is 15.5 Å². The van der Waals surface area contributed by atoms with E-state index >= 15 is 4.39 Å². The second kappa shape index (κ2) is 8.47. The Morgan fingerprint density at radius 2 is 1.94 bits per heavy atom. The molecule has 186 valence electrons. The van der Waals surface area contributed by atoms with Crippen LogP contribution in [0.1, 0.15) is 72.4 Å². The lowest BCUT2D eigenvalue weighted by Crippen LogP contribution is -2.45. The molecule has 3 rings (SSSR count). The number of alkyl halides is 4. The quantitative estimate of drug-likeness (QED) is 0.411. The zero-order chi connectivity index (χ0) is 25.7. The van der Waals surface area contributed by atoms with Crippen molar-refractivity contribution in [2.45, 2.75) is 63.3 Å². The minimum atomic E-state index is -4.75. The highest BCUT2D eigenvalue weighted by molar-refractivity contribution is 7.90. The molecule has 1 aliphatic carbocycles. The highest BCUT2D eigenvalue weighted by Gasteiger charge is 2.55. The van der Waals surface area contributed by atoms with Gasteiger partial charge in [0.25, 0.3) is 5.54 Å². The Balaban J connectivity index is 2.09. The van der Waals surface area contributed by atoms with Gasteiger partial charge in [0.05, 0.1) is 10.7 Å². The molecule has 14 heteroatoms. The SMILES string of the molecule is Cc1nc(C(C)(CS(C)(=O)=O)[N+](=O)C(=O)c2cc([C@H](C)C(F)(F)F)c(C3(F)CCC3)cn2)no1. The Bertz CT molecular complexity index is 1240. The predicted octanol–water partition coefficient (Wildman–Crippen LogP) is 3.67. The van der Waals surface area contributed by atoms with E-state index in [2.05, 4.69) is 15.1 Å². The van der Waals surface area contributed by atoms with Gasteiger partial charge in [-0.05, 0) is 37.8 Å². The molecule has 34 heavy (non-hydrogen) atoms. The van der Waals surface area contributed by atoms with Crippen molar-refractivity contribution in [1.82, 2.24) is 15.1 Å². The zero-order valence-electron chi connectivity index (χ0n) is 18.8. The first-order chi connectivity index (χ1) is 15.5. The van der Waals surface area contributed by atoms with Crippen LogP contribution in [-0.2, 0) is 21.0 Å². The average molecular weight is 507 g/mol. The van der Waals surface area contributed by atoms with Crippen LogP contribution in [0.15, 0.2) is 16.8 Å². The van der Waals surface area contributed by atoms with Crippen molar-refractivity contribution in [3.63, 3.8) is 0 Å². The number of hydrogen-bond acceptors (Lipinski definition) is 8. The summed E-state index contributed by atoms with van der Waals surface area (Å²) in [7, 11) is -3.88. The van der Waals surface area contributed by atoms with Crippen molar-refractivity contribution < 1.29 is 40.1 Å². The summed E-state index contributed by atoms with van der Waals surface area (Å²) in [6.45, 7) is 3.29. The molecule has 0 N–H and O–H groups in total. The van der Waals surface area contributed by atoms with E-state index in [0.29, 0.717) is 6.42 Å². The molecule has 1 unspecified atom stereocenters. The third-order valence-corrected chi connectivity index (χ3v) is 7.01. The van der Waals surface area contributed by atoms with Crippen molar-refractivity contribution in [1.29, 1.82) is 0 Å². The molecule has 1 saturated carbocycles. The van der Waals surface area contributed by atoms with Gasteiger partial charge in [-0.25, -0.2) is 22.6 Å². The lowest BCUT2D eigenvalue weighted by Gasteiger charge is -2.36. The summed E-state index contributed by atoms with van der Waals surface area (Å²) in [6.07, 6.45) is -2.58. The summed E-state index contributed by atoms with van der Waals surface area (Å²) in [5.74, 6) is -4.89. The molecule has 1 amide bonds. The van der Waals surface area contributed by atoms with Gasteiger partial charge in [0.2, 0.25) is 11.7 Å². The van der Waals surface area contributed by atoms with Gasteiger partial charge in [-0.3, -0.25) is 0 Å². The normalized spacial score (nSPS) is 18.6. The highest BCUT2D eigenvalue weighted by Crippen LogP contribution is 2.49. The third-order valence-electron chi connectivity index (χ3n) is 5.93. The predicted molar refractivity (Wildman–Crippen MR) is 109 cm³/mol. The van der Waals surface area contributed by atoms with E-state index < -0.39 is 61.9 Å². The standard InChI is InChI=1S/C20H23F4N4O5S/c1-11(20(22,23)24)13-8-15(25-9-14(13)19(21)6-5-7-19)16(29)28(30)18(3,10-34(4,31)32)17-26-12(2)33-27-17/h8-9,11H,5-7,10H2,1-4H3/q+1/t11-,18?/m0/s1. The van der Waals surface area contributed by atoms with Gasteiger partial charge < -0.3 is 4.52 Å². The van der Waals surface area contributed by atoms with Crippen LogP contribution >= 0.6 is 0 Å². The summed E-state index contributed by atoms with van der Waals surface area (Å²) in [6, 6.07) is 0.739. The number of aryl methyl sites for hydroxylation is 1. The maximum Gasteiger partial charge on any atom is 0.484 e. The summed E-state index contributed by atoms with van der Waals surface area (Å²) in [5, 5.41) is 3.55. The summed E-state index contributed by atoms with van der Waals surface area (Å²) >= 11 is 0. The van der Waals surface area contributed by atoms with Crippen molar-refractivity contribution in [3.8, 4) is 0 Å². The molecule has 0 aliphatic heterocycles. The number of carbonyl (C=O) groups excluding carboxylic acids is 1. The number of rotatable bonds is 7. The maximum atomic E-state index is 15.1. The number of amides is 1. The molecule has 0 aromatic carbocycles. The number of nitrogens with zero attached hydrogens (tertiary/aromatic N) is 4. The minimum Gasteiger partial charge on any atom is -0.339 e. The van der Waals surface area contributed by atoms with Crippen LogP contribution < -0.4 is 0 Å². The van der Waals surface area contributed by atoms with Crippen molar-refractivity contribution in [2.24, 2.45) is 0 Å². The minimum absolute atomic E-state index is 0.00640. The molecule has 0 saturated heterocycles. The molecule has 1 aliphatic rings. The number of pyridine rings is 1. The number of halogens is 4. The Hall–Kier alpha value is -2.77. The van der Waals surface area contributed by atoms with Crippen LogP contribution in [0.25, 0.3) is 0 Å². The largest absolute Gasteiger partial charge is 0.484 e. The maximum absolute atomic E-state index is 15.1. The Labute approximate surface area is 192 Å². The molecule has 2 aromatic heterocycles. The van der Waals surface area contributed by atoms with Crippen molar-refractivity contribution in [2.75, 3.05) is 12.0 Å². The van der Waals surface area contributed by atoms with E-state index in [1.165, 1.54) is 6.92 Å². The van der Waals surface area contributed by atoms with Gasteiger partial charge >= 0.3 is 12.1 Å². The second-order valence-electron chi connectivity index (χ2n) is 8.82. The number of nitroso groups, excluding NO2 is 1. The lowest BCUT2D eigenvalue weighted by atomic mass is 9.74. The van der Waals surface area contributed by atoms with Crippen LogP contribution in [-0.4, -0.2) is 52.4 Å². The molecule has 2 atom stereocenters. The van der Waals surface area contributed by atoms with Gasteiger partial charge in [0, 0.05) is 36.8 Å². The Morgan fingerprint density at radius 1 is 1.32 bits per heavy atom. The Kier molecular flexibility index (Phi) is 6.44. The fraction of sp³-hybridized carbons (Fsp3) is 0.600. The summed E-state index contributed by atoms with van der Waals surface area (Å²) < 4.78 is 84.2. The first-order valence-electron chi connectivity index (χ1n) is 10.2. The van der Waals surface area contributed by atoms with E-state index in [-0.39, 0.29) is 29.1 Å². The van der Waals surface area contributed by atoms with E-state index in [1.54, 1.807) is 0 Å². The van der Waals surface area contributed by atoms with Gasteiger partial charge in [-0.2, -0.15) is 18.2 Å². The van der Waals surface area contributed by atoms with Crippen LogP contribution in [0.5, 0.6) is 0 Å². The summed E-state index contributed by atoms with van der Waals surface area (Å²) in [4.78, 5) is 33.8. The van der Waals surface area contributed by atoms with Crippen molar-refractivity contribution >= 4 is 15.7 Å². The topological polar surface area (TPSA) is 123 Å². The van der Waals surface area contributed by atoms with Gasteiger partial charge in [-0.15, -0.1) is 0 Å². The fourth-order valence-corrected chi connectivity index (χ4v) is 5.09.